The van der Waals surface area contributed by atoms with E-state index >= 15 is 0 Å². The molecule has 0 bridgehead atoms. The zero-order valence-corrected chi connectivity index (χ0v) is 9.73. The Morgan fingerprint density at radius 2 is 1.88 bits per heavy atom. The SMILES string of the molecule is CNC(C)(CO)COc1ccc(CO)cc1. The van der Waals surface area contributed by atoms with Crippen LogP contribution in [-0.4, -0.2) is 36.0 Å². The summed E-state index contributed by atoms with van der Waals surface area (Å²) in [7, 11) is 1.79. The van der Waals surface area contributed by atoms with Gasteiger partial charge in [0.05, 0.1) is 18.8 Å². The summed E-state index contributed by atoms with van der Waals surface area (Å²) in [5.41, 5.74) is 0.418. The molecule has 1 atom stereocenters. The van der Waals surface area contributed by atoms with Crippen LogP contribution >= 0.6 is 0 Å². The lowest BCUT2D eigenvalue weighted by Crippen LogP contribution is -2.48. The smallest absolute Gasteiger partial charge is 0.119 e. The number of aliphatic hydroxyl groups excluding tert-OH is 2. The van der Waals surface area contributed by atoms with Crippen LogP contribution in [0.1, 0.15) is 12.5 Å². The quantitative estimate of drug-likeness (QED) is 0.661. The van der Waals surface area contributed by atoms with Crippen molar-refractivity contribution >= 4 is 0 Å². The molecule has 3 N–H and O–H groups in total. The van der Waals surface area contributed by atoms with Crippen molar-refractivity contribution in [3.63, 3.8) is 0 Å². The number of aliphatic hydroxyl groups is 2. The summed E-state index contributed by atoms with van der Waals surface area (Å²) in [5, 5.41) is 21.1. The topological polar surface area (TPSA) is 61.7 Å². The van der Waals surface area contributed by atoms with Gasteiger partial charge in [-0.1, -0.05) is 12.1 Å². The van der Waals surface area contributed by atoms with Gasteiger partial charge in [0.2, 0.25) is 0 Å². The van der Waals surface area contributed by atoms with Crippen LogP contribution in [0.5, 0.6) is 5.75 Å². The molecule has 0 aliphatic heterocycles. The molecule has 1 aromatic rings. The van der Waals surface area contributed by atoms with E-state index in [-0.39, 0.29) is 13.2 Å². The minimum Gasteiger partial charge on any atom is -0.492 e. The molecule has 0 amide bonds. The molecule has 1 unspecified atom stereocenters. The van der Waals surface area contributed by atoms with E-state index < -0.39 is 5.54 Å². The maximum atomic E-state index is 9.17. The van der Waals surface area contributed by atoms with Crippen LogP contribution in [0.2, 0.25) is 0 Å². The fraction of sp³-hybridized carbons (Fsp3) is 0.500. The van der Waals surface area contributed by atoms with Gasteiger partial charge in [0, 0.05) is 0 Å². The standard InChI is InChI=1S/C12H19NO3/c1-12(8-15,13-2)9-16-11-5-3-10(7-14)4-6-11/h3-6,13-15H,7-9H2,1-2H3. The monoisotopic (exact) mass is 225 g/mol. The van der Waals surface area contributed by atoms with Gasteiger partial charge >= 0.3 is 0 Å². The van der Waals surface area contributed by atoms with Gasteiger partial charge in [-0.15, -0.1) is 0 Å². The fourth-order valence-corrected chi connectivity index (χ4v) is 1.13. The third-order valence-electron chi connectivity index (χ3n) is 2.62. The molecule has 90 valence electrons. The average Bonchev–Trinajstić information content (AvgIpc) is 2.36. The maximum Gasteiger partial charge on any atom is 0.119 e. The lowest BCUT2D eigenvalue weighted by molar-refractivity contribution is 0.122. The molecule has 0 spiro atoms. The van der Waals surface area contributed by atoms with Gasteiger partial charge < -0.3 is 20.3 Å². The minimum absolute atomic E-state index is 0.0121. The van der Waals surface area contributed by atoms with Crippen LogP contribution in [0.3, 0.4) is 0 Å². The van der Waals surface area contributed by atoms with E-state index in [4.69, 9.17) is 14.9 Å². The van der Waals surface area contributed by atoms with E-state index in [1.165, 1.54) is 0 Å². The van der Waals surface area contributed by atoms with Gasteiger partial charge in [0.25, 0.3) is 0 Å². The Balaban J connectivity index is 2.54. The Bertz CT molecular complexity index is 307. The summed E-state index contributed by atoms with van der Waals surface area (Å²) in [4.78, 5) is 0. The van der Waals surface area contributed by atoms with Crippen molar-refractivity contribution in [2.45, 2.75) is 19.1 Å². The van der Waals surface area contributed by atoms with E-state index in [1.807, 2.05) is 19.1 Å². The highest BCUT2D eigenvalue weighted by molar-refractivity contribution is 5.26. The summed E-state index contributed by atoms with van der Waals surface area (Å²) in [6.45, 7) is 2.32. The van der Waals surface area contributed by atoms with Crippen LogP contribution in [0.15, 0.2) is 24.3 Å². The first-order chi connectivity index (χ1) is 7.63. The lowest BCUT2D eigenvalue weighted by atomic mass is 10.1. The second kappa shape index (κ2) is 5.84. The molecule has 0 saturated carbocycles. The Morgan fingerprint density at radius 3 is 2.31 bits per heavy atom. The lowest BCUT2D eigenvalue weighted by Gasteiger charge is -2.26. The number of hydrogen-bond donors (Lipinski definition) is 3. The first-order valence-electron chi connectivity index (χ1n) is 5.26. The molecule has 16 heavy (non-hydrogen) atoms. The van der Waals surface area contributed by atoms with Crippen molar-refractivity contribution in [2.24, 2.45) is 0 Å². The van der Waals surface area contributed by atoms with E-state index in [2.05, 4.69) is 5.32 Å². The molecule has 4 nitrogen and oxygen atoms in total. The normalized spacial score (nSPS) is 14.5. The highest BCUT2D eigenvalue weighted by atomic mass is 16.5. The Kier molecular flexibility index (Phi) is 4.73. The van der Waals surface area contributed by atoms with Gasteiger partial charge in [0.15, 0.2) is 0 Å². The van der Waals surface area contributed by atoms with Gasteiger partial charge in [-0.2, -0.15) is 0 Å². The third-order valence-corrected chi connectivity index (χ3v) is 2.62. The predicted molar refractivity (Wildman–Crippen MR) is 62.4 cm³/mol. The largest absolute Gasteiger partial charge is 0.492 e. The van der Waals surface area contributed by atoms with Crippen LogP contribution in [0.25, 0.3) is 0 Å². The van der Waals surface area contributed by atoms with Gasteiger partial charge in [-0.25, -0.2) is 0 Å². The number of ether oxygens (including phenoxy) is 1. The summed E-state index contributed by atoms with van der Waals surface area (Å²) < 4.78 is 5.55. The number of rotatable bonds is 6. The predicted octanol–water partition coefficient (Wildman–Crippen LogP) is 0.528. The molecule has 0 heterocycles. The number of benzene rings is 1. The first kappa shape index (κ1) is 13.0. The van der Waals surface area contributed by atoms with E-state index in [1.54, 1.807) is 19.2 Å². The average molecular weight is 225 g/mol. The molecule has 0 aromatic heterocycles. The van der Waals surface area contributed by atoms with Crippen molar-refractivity contribution in [3.05, 3.63) is 29.8 Å². The molecule has 0 fully saturated rings. The summed E-state index contributed by atoms with van der Waals surface area (Å²) >= 11 is 0. The highest BCUT2D eigenvalue weighted by Gasteiger charge is 2.21. The van der Waals surface area contributed by atoms with Crippen molar-refractivity contribution in [1.82, 2.24) is 5.32 Å². The fourth-order valence-electron chi connectivity index (χ4n) is 1.13. The third kappa shape index (κ3) is 3.48. The molecule has 0 radical (unpaired) electrons. The molecule has 1 aromatic carbocycles. The van der Waals surface area contributed by atoms with E-state index in [0.29, 0.717) is 6.61 Å². The van der Waals surface area contributed by atoms with Gasteiger partial charge in [0.1, 0.15) is 12.4 Å². The Hall–Kier alpha value is -1.10. The van der Waals surface area contributed by atoms with Crippen molar-refractivity contribution in [1.29, 1.82) is 0 Å². The van der Waals surface area contributed by atoms with Crippen LogP contribution in [-0.2, 0) is 6.61 Å². The summed E-state index contributed by atoms with van der Waals surface area (Å²) in [6, 6.07) is 7.23. The molecule has 0 aliphatic rings. The van der Waals surface area contributed by atoms with Crippen LogP contribution < -0.4 is 10.1 Å². The van der Waals surface area contributed by atoms with Crippen molar-refractivity contribution < 1.29 is 14.9 Å². The Morgan fingerprint density at radius 1 is 1.25 bits per heavy atom. The second-order valence-electron chi connectivity index (χ2n) is 4.06. The number of nitrogens with one attached hydrogen (secondary N) is 1. The molecule has 4 heteroatoms. The summed E-state index contributed by atoms with van der Waals surface area (Å²) in [6.07, 6.45) is 0. The molecule has 1 rings (SSSR count). The second-order valence-corrected chi connectivity index (χ2v) is 4.06. The maximum absolute atomic E-state index is 9.17. The van der Waals surface area contributed by atoms with Gasteiger partial charge in [-0.3, -0.25) is 0 Å². The van der Waals surface area contributed by atoms with Crippen LogP contribution in [0, 0.1) is 0 Å². The minimum atomic E-state index is -0.435. The highest BCUT2D eigenvalue weighted by Crippen LogP contribution is 2.14. The number of hydrogen-bond acceptors (Lipinski definition) is 4. The first-order valence-corrected chi connectivity index (χ1v) is 5.26. The van der Waals surface area contributed by atoms with Crippen molar-refractivity contribution in [3.8, 4) is 5.75 Å². The molecule has 0 aliphatic carbocycles. The molecule has 0 saturated heterocycles. The van der Waals surface area contributed by atoms with Crippen molar-refractivity contribution in [2.75, 3.05) is 20.3 Å². The van der Waals surface area contributed by atoms with Crippen LogP contribution in [0.4, 0.5) is 0 Å². The molecular weight excluding hydrogens is 206 g/mol. The van der Waals surface area contributed by atoms with E-state index in [9.17, 15) is 0 Å². The number of likely N-dealkylation sites (N-methyl/N-ethyl adjacent to an activating group) is 1. The summed E-state index contributed by atoms with van der Waals surface area (Å²) in [5.74, 6) is 0.729. The zero-order chi connectivity index (χ0) is 12.0. The molecular formula is C12H19NO3. The Labute approximate surface area is 95.9 Å². The van der Waals surface area contributed by atoms with E-state index in [0.717, 1.165) is 11.3 Å². The van der Waals surface area contributed by atoms with Gasteiger partial charge in [-0.05, 0) is 31.7 Å². The zero-order valence-electron chi connectivity index (χ0n) is 9.73.